The van der Waals surface area contributed by atoms with Crippen molar-refractivity contribution in [1.29, 1.82) is 0 Å². The van der Waals surface area contributed by atoms with Gasteiger partial charge in [-0.15, -0.1) is 0 Å². The maximum atomic E-state index is 6.19. The van der Waals surface area contributed by atoms with Gasteiger partial charge in [-0.2, -0.15) is 0 Å². The Hall–Kier alpha value is -2.99. The topological polar surface area (TPSA) is 59.5 Å². The number of nitrogens with zero attached hydrogens (tertiary/aromatic N) is 3. The van der Waals surface area contributed by atoms with Gasteiger partial charge in [0.2, 0.25) is 0 Å². The Morgan fingerprint density at radius 3 is 2.57 bits per heavy atom. The Bertz CT molecular complexity index is 996. The van der Waals surface area contributed by atoms with Crippen molar-refractivity contribution >= 4 is 28.9 Å². The van der Waals surface area contributed by atoms with Crippen LogP contribution in [0.2, 0.25) is 5.02 Å². The molecule has 0 amide bonds. The smallest absolute Gasteiger partial charge is 0.144 e. The van der Waals surface area contributed by atoms with E-state index < -0.39 is 0 Å². The van der Waals surface area contributed by atoms with Gasteiger partial charge in [-0.1, -0.05) is 35.9 Å². The lowest BCUT2D eigenvalue weighted by molar-refractivity contribution is 0.405. The van der Waals surface area contributed by atoms with E-state index in [0.717, 1.165) is 31.0 Å². The normalized spacial score (nSPS) is 13.0. The lowest BCUT2D eigenvalue weighted by Crippen LogP contribution is -2.31. The van der Waals surface area contributed by atoms with Crippen LogP contribution in [0.4, 0.5) is 17.3 Å². The number of hydrogen-bond donors (Lipinski definition) is 1. The highest BCUT2D eigenvalue weighted by atomic mass is 35.5. The maximum absolute atomic E-state index is 6.19. The lowest BCUT2D eigenvalue weighted by Gasteiger charge is -2.29. The average molecular weight is 397 g/mol. The molecule has 2 heterocycles. The third kappa shape index (κ3) is 3.68. The second-order valence-electron chi connectivity index (χ2n) is 6.51. The average Bonchev–Trinajstić information content (AvgIpc) is 2.74. The summed E-state index contributed by atoms with van der Waals surface area (Å²) in [6, 6.07) is 14.0. The summed E-state index contributed by atoms with van der Waals surface area (Å²) in [6.07, 6.45) is 2.57. The number of ether oxygens (including phenoxy) is 2. The van der Waals surface area contributed by atoms with Crippen molar-refractivity contribution in [2.75, 3.05) is 31.0 Å². The van der Waals surface area contributed by atoms with Gasteiger partial charge < -0.3 is 19.7 Å². The first-order chi connectivity index (χ1) is 13.7. The SMILES string of the molecule is COc1cc(Nc2cc(N3CCc4ccccc4C3)ncn2)c(OC)cc1Cl. The van der Waals surface area contributed by atoms with E-state index in [1.165, 1.54) is 11.1 Å². The van der Waals surface area contributed by atoms with Crippen molar-refractivity contribution in [2.45, 2.75) is 13.0 Å². The molecule has 0 saturated heterocycles. The quantitative estimate of drug-likeness (QED) is 0.687. The van der Waals surface area contributed by atoms with Crippen molar-refractivity contribution in [2.24, 2.45) is 0 Å². The van der Waals surface area contributed by atoms with Crippen LogP contribution in [-0.4, -0.2) is 30.7 Å². The fourth-order valence-electron chi connectivity index (χ4n) is 3.38. The zero-order valence-electron chi connectivity index (χ0n) is 15.8. The number of halogens is 1. The summed E-state index contributed by atoms with van der Waals surface area (Å²) in [7, 11) is 3.17. The predicted molar refractivity (Wildman–Crippen MR) is 111 cm³/mol. The molecule has 4 rings (SSSR count). The Morgan fingerprint density at radius 1 is 1.00 bits per heavy atom. The van der Waals surface area contributed by atoms with E-state index in [1.807, 2.05) is 6.07 Å². The number of anilines is 3. The number of benzene rings is 2. The molecule has 2 aromatic carbocycles. The van der Waals surface area contributed by atoms with Crippen molar-refractivity contribution in [3.05, 3.63) is 64.9 Å². The van der Waals surface area contributed by atoms with E-state index in [-0.39, 0.29) is 0 Å². The fraction of sp³-hybridized carbons (Fsp3) is 0.238. The molecule has 0 aliphatic carbocycles. The van der Waals surface area contributed by atoms with E-state index in [2.05, 4.69) is 44.5 Å². The van der Waals surface area contributed by atoms with Gasteiger partial charge in [-0.3, -0.25) is 0 Å². The minimum atomic E-state index is 0.486. The third-order valence-electron chi connectivity index (χ3n) is 4.84. The minimum Gasteiger partial charge on any atom is -0.495 e. The zero-order chi connectivity index (χ0) is 19.5. The number of methoxy groups -OCH3 is 2. The summed E-state index contributed by atoms with van der Waals surface area (Å²) < 4.78 is 10.7. The summed E-state index contributed by atoms with van der Waals surface area (Å²) in [5.41, 5.74) is 3.47. The summed E-state index contributed by atoms with van der Waals surface area (Å²) in [4.78, 5) is 11.1. The molecule has 144 valence electrons. The molecule has 1 aliphatic rings. The fourth-order valence-corrected chi connectivity index (χ4v) is 3.61. The number of rotatable bonds is 5. The molecule has 1 aliphatic heterocycles. The first-order valence-corrected chi connectivity index (χ1v) is 9.38. The molecular formula is C21H21ClN4O2. The molecule has 0 unspecified atom stereocenters. The van der Waals surface area contributed by atoms with Gasteiger partial charge in [0, 0.05) is 31.3 Å². The van der Waals surface area contributed by atoms with Gasteiger partial charge >= 0.3 is 0 Å². The molecule has 28 heavy (non-hydrogen) atoms. The van der Waals surface area contributed by atoms with Gasteiger partial charge in [0.1, 0.15) is 29.5 Å². The number of aromatic nitrogens is 2. The van der Waals surface area contributed by atoms with Gasteiger partial charge in [0.25, 0.3) is 0 Å². The summed E-state index contributed by atoms with van der Waals surface area (Å²) in [5.74, 6) is 2.73. The molecule has 0 bridgehead atoms. The van der Waals surface area contributed by atoms with Crippen molar-refractivity contribution < 1.29 is 9.47 Å². The summed E-state index contributed by atoms with van der Waals surface area (Å²) in [6.45, 7) is 1.76. The van der Waals surface area contributed by atoms with Crippen LogP contribution in [0.15, 0.2) is 48.8 Å². The Balaban J connectivity index is 1.59. The minimum absolute atomic E-state index is 0.486. The van der Waals surface area contributed by atoms with Crippen LogP contribution in [0.3, 0.4) is 0 Å². The molecule has 0 radical (unpaired) electrons. The standard InChI is InChI=1S/C21H21ClN4O2/c1-27-18-10-17(19(28-2)9-16(18)22)25-20-11-21(24-13-23-20)26-8-7-14-5-3-4-6-15(14)12-26/h3-6,9-11,13H,7-8,12H2,1-2H3,(H,23,24,25). The largest absolute Gasteiger partial charge is 0.495 e. The Morgan fingerprint density at radius 2 is 1.79 bits per heavy atom. The second-order valence-corrected chi connectivity index (χ2v) is 6.92. The van der Waals surface area contributed by atoms with Crippen LogP contribution in [0.5, 0.6) is 11.5 Å². The number of hydrogen-bond acceptors (Lipinski definition) is 6. The number of fused-ring (bicyclic) bond motifs is 1. The highest BCUT2D eigenvalue weighted by Crippen LogP contribution is 2.37. The molecule has 0 atom stereocenters. The predicted octanol–water partition coefficient (Wildman–Crippen LogP) is 4.45. The van der Waals surface area contributed by atoms with E-state index in [4.69, 9.17) is 21.1 Å². The third-order valence-corrected chi connectivity index (χ3v) is 5.14. The van der Waals surface area contributed by atoms with Crippen LogP contribution in [0.25, 0.3) is 0 Å². The molecule has 3 aromatic rings. The van der Waals surface area contributed by atoms with Crippen molar-refractivity contribution in [3.8, 4) is 11.5 Å². The molecule has 6 nitrogen and oxygen atoms in total. The first kappa shape index (κ1) is 18.4. The first-order valence-electron chi connectivity index (χ1n) is 9.00. The summed E-state index contributed by atoms with van der Waals surface area (Å²) >= 11 is 6.19. The van der Waals surface area contributed by atoms with E-state index in [9.17, 15) is 0 Å². The second kappa shape index (κ2) is 7.94. The van der Waals surface area contributed by atoms with Crippen molar-refractivity contribution in [1.82, 2.24) is 9.97 Å². The Kier molecular flexibility index (Phi) is 5.21. The molecular weight excluding hydrogens is 376 g/mol. The lowest BCUT2D eigenvalue weighted by atomic mass is 10.00. The van der Waals surface area contributed by atoms with Crippen molar-refractivity contribution in [3.63, 3.8) is 0 Å². The van der Waals surface area contributed by atoms with E-state index in [0.29, 0.717) is 22.3 Å². The highest BCUT2D eigenvalue weighted by Gasteiger charge is 2.18. The van der Waals surface area contributed by atoms with Crippen LogP contribution in [0, 0.1) is 0 Å². The molecule has 0 fully saturated rings. The van der Waals surface area contributed by atoms with Gasteiger partial charge in [-0.05, 0) is 17.5 Å². The molecule has 1 N–H and O–H groups in total. The van der Waals surface area contributed by atoms with Gasteiger partial charge in [0.05, 0.1) is 24.9 Å². The van der Waals surface area contributed by atoms with Crippen LogP contribution < -0.4 is 19.7 Å². The molecule has 0 saturated carbocycles. The highest BCUT2D eigenvalue weighted by molar-refractivity contribution is 6.32. The van der Waals surface area contributed by atoms with E-state index >= 15 is 0 Å². The van der Waals surface area contributed by atoms with Crippen LogP contribution >= 0.6 is 11.6 Å². The number of nitrogens with one attached hydrogen (secondary N) is 1. The van der Waals surface area contributed by atoms with Gasteiger partial charge in [0.15, 0.2) is 0 Å². The maximum Gasteiger partial charge on any atom is 0.144 e. The monoisotopic (exact) mass is 396 g/mol. The Labute approximate surface area is 169 Å². The van der Waals surface area contributed by atoms with E-state index in [1.54, 1.807) is 32.7 Å². The van der Waals surface area contributed by atoms with Gasteiger partial charge in [-0.25, -0.2) is 9.97 Å². The molecule has 7 heteroatoms. The summed E-state index contributed by atoms with van der Waals surface area (Å²) in [5, 5.41) is 3.77. The molecule has 0 spiro atoms. The van der Waals surface area contributed by atoms with Crippen LogP contribution in [-0.2, 0) is 13.0 Å². The zero-order valence-corrected chi connectivity index (χ0v) is 16.5. The molecule has 1 aromatic heterocycles. The van der Waals surface area contributed by atoms with Crippen LogP contribution in [0.1, 0.15) is 11.1 Å².